The normalized spacial score (nSPS) is 11.5. The van der Waals surface area contributed by atoms with Gasteiger partial charge in [0, 0.05) is 33.8 Å². The van der Waals surface area contributed by atoms with Crippen LogP contribution in [0.1, 0.15) is 0 Å². The Kier molecular flexibility index (Phi) is 6.10. The maximum Gasteiger partial charge on any atom is 0.164 e. The molecule has 0 spiro atoms. The van der Waals surface area contributed by atoms with Crippen molar-refractivity contribution >= 4 is 33.0 Å². The molecular formula is C42H27N3O. The number of rotatable bonds is 5. The highest BCUT2D eigenvalue weighted by Crippen LogP contribution is 2.43. The van der Waals surface area contributed by atoms with Gasteiger partial charge in [-0.25, -0.2) is 4.98 Å². The van der Waals surface area contributed by atoms with Crippen molar-refractivity contribution in [2.24, 2.45) is 0 Å². The number of hydrogen-bond acceptors (Lipinski definition) is 3. The molecule has 0 radical (unpaired) electrons. The van der Waals surface area contributed by atoms with Gasteiger partial charge in [0.1, 0.15) is 16.9 Å². The third-order valence-corrected chi connectivity index (χ3v) is 8.67. The average molecular weight is 590 g/mol. The second-order valence-corrected chi connectivity index (χ2v) is 11.4. The lowest BCUT2D eigenvalue weighted by Gasteiger charge is -2.10. The number of furan rings is 1. The van der Waals surface area contributed by atoms with Crippen LogP contribution in [0.5, 0.6) is 0 Å². The Morgan fingerprint density at radius 3 is 2.00 bits per heavy atom. The van der Waals surface area contributed by atoms with E-state index in [1.807, 2.05) is 48.7 Å². The van der Waals surface area contributed by atoms with Crippen LogP contribution in [0.25, 0.3) is 83.6 Å². The summed E-state index contributed by atoms with van der Waals surface area (Å²) in [5, 5.41) is 2.17. The van der Waals surface area contributed by atoms with E-state index in [-0.39, 0.29) is 0 Å². The molecule has 0 aliphatic heterocycles. The molecular weight excluding hydrogens is 562 g/mol. The van der Waals surface area contributed by atoms with Crippen LogP contribution in [0.15, 0.2) is 168 Å². The van der Waals surface area contributed by atoms with E-state index < -0.39 is 0 Å². The zero-order valence-corrected chi connectivity index (χ0v) is 24.8. The summed E-state index contributed by atoms with van der Waals surface area (Å²) < 4.78 is 8.83. The maximum absolute atomic E-state index is 6.65. The largest absolute Gasteiger partial charge is 0.455 e. The molecule has 0 aliphatic rings. The first-order valence-electron chi connectivity index (χ1n) is 15.4. The second-order valence-electron chi connectivity index (χ2n) is 11.4. The van der Waals surface area contributed by atoms with Crippen molar-refractivity contribution in [3.63, 3.8) is 0 Å². The lowest BCUT2D eigenvalue weighted by atomic mass is 9.94. The summed E-state index contributed by atoms with van der Waals surface area (Å²) >= 11 is 0. The van der Waals surface area contributed by atoms with Crippen LogP contribution in [-0.2, 0) is 0 Å². The van der Waals surface area contributed by atoms with Crippen LogP contribution in [0, 0.1) is 0 Å². The standard InChI is InChI=1S/C42H27N3O/c1-4-13-28(14-5-1)31-25-34(29-15-6-2-7-16-29)41-35(26-31)40-33(19-12-22-39(40)46-41)30-23-24-37(43-27-30)42-44-36-20-10-11-21-38(36)45(42)32-17-8-3-9-18-32/h1-27H. The number of hydrogen-bond donors (Lipinski definition) is 0. The van der Waals surface area contributed by atoms with Gasteiger partial charge in [-0.15, -0.1) is 0 Å². The molecule has 0 N–H and O–H groups in total. The molecule has 9 aromatic rings. The summed E-state index contributed by atoms with van der Waals surface area (Å²) in [6, 6.07) is 54.5. The van der Waals surface area contributed by atoms with E-state index in [9.17, 15) is 0 Å². The quantitative estimate of drug-likeness (QED) is 0.201. The van der Waals surface area contributed by atoms with Crippen molar-refractivity contribution in [1.82, 2.24) is 14.5 Å². The van der Waals surface area contributed by atoms with Gasteiger partial charge in [0.05, 0.1) is 11.0 Å². The van der Waals surface area contributed by atoms with E-state index in [0.29, 0.717) is 0 Å². The highest BCUT2D eigenvalue weighted by atomic mass is 16.3. The molecule has 46 heavy (non-hydrogen) atoms. The minimum atomic E-state index is 0.811. The van der Waals surface area contributed by atoms with E-state index in [0.717, 1.165) is 78.0 Å². The van der Waals surface area contributed by atoms with Gasteiger partial charge in [-0.05, 0) is 70.8 Å². The van der Waals surface area contributed by atoms with E-state index >= 15 is 0 Å². The minimum absolute atomic E-state index is 0.811. The van der Waals surface area contributed by atoms with Crippen molar-refractivity contribution in [3.8, 4) is 50.6 Å². The summed E-state index contributed by atoms with van der Waals surface area (Å²) in [5.41, 5.74) is 12.2. The highest BCUT2D eigenvalue weighted by Gasteiger charge is 2.19. The van der Waals surface area contributed by atoms with Crippen molar-refractivity contribution < 1.29 is 4.42 Å². The molecule has 0 aliphatic carbocycles. The molecule has 6 aromatic carbocycles. The second kappa shape index (κ2) is 10.7. The third kappa shape index (κ3) is 4.31. The van der Waals surface area contributed by atoms with Crippen LogP contribution in [0.2, 0.25) is 0 Å². The highest BCUT2D eigenvalue weighted by molar-refractivity contribution is 6.16. The van der Waals surface area contributed by atoms with Crippen molar-refractivity contribution in [3.05, 3.63) is 164 Å². The lowest BCUT2D eigenvalue weighted by molar-refractivity contribution is 0.670. The van der Waals surface area contributed by atoms with Crippen molar-refractivity contribution in [2.45, 2.75) is 0 Å². The van der Waals surface area contributed by atoms with Crippen molar-refractivity contribution in [1.29, 1.82) is 0 Å². The number of para-hydroxylation sites is 3. The zero-order valence-electron chi connectivity index (χ0n) is 24.8. The Morgan fingerprint density at radius 1 is 0.522 bits per heavy atom. The number of pyridine rings is 1. The fraction of sp³-hybridized carbons (Fsp3) is 0. The summed E-state index contributed by atoms with van der Waals surface area (Å²) in [4.78, 5) is 10.0. The van der Waals surface area contributed by atoms with Gasteiger partial charge in [0.15, 0.2) is 5.82 Å². The number of fused-ring (bicyclic) bond motifs is 4. The molecule has 3 aromatic heterocycles. The Labute approximate surface area is 265 Å². The number of imidazole rings is 1. The Balaban J connectivity index is 1.23. The molecule has 0 bridgehead atoms. The van der Waals surface area contributed by atoms with Gasteiger partial charge >= 0.3 is 0 Å². The summed E-state index contributed by atoms with van der Waals surface area (Å²) in [6.07, 6.45) is 1.96. The molecule has 4 heteroatoms. The SMILES string of the molecule is c1ccc(-c2cc(-c3ccccc3)c3oc4cccc(-c5ccc(-c6nc7ccccc7n6-c6ccccc6)nc5)c4c3c2)cc1. The monoisotopic (exact) mass is 589 g/mol. The molecule has 0 saturated heterocycles. The summed E-state index contributed by atoms with van der Waals surface area (Å²) in [5.74, 6) is 0.811. The molecule has 0 amide bonds. The van der Waals surface area contributed by atoms with Crippen LogP contribution < -0.4 is 0 Å². The Hall–Kier alpha value is -6.26. The fourth-order valence-electron chi connectivity index (χ4n) is 6.52. The third-order valence-electron chi connectivity index (χ3n) is 8.67. The smallest absolute Gasteiger partial charge is 0.164 e. The van der Waals surface area contributed by atoms with E-state index in [2.05, 4.69) is 120 Å². The Morgan fingerprint density at radius 2 is 1.24 bits per heavy atom. The van der Waals surface area contributed by atoms with Crippen molar-refractivity contribution in [2.75, 3.05) is 0 Å². The Bertz CT molecular complexity index is 2500. The summed E-state index contributed by atoms with van der Waals surface area (Å²) in [6.45, 7) is 0. The number of nitrogens with zero attached hydrogens (tertiary/aromatic N) is 3. The van der Waals surface area contributed by atoms with Gasteiger partial charge in [0.25, 0.3) is 0 Å². The molecule has 3 heterocycles. The molecule has 0 fully saturated rings. The lowest BCUT2D eigenvalue weighted by Crippen LogP contribution is -1.98. The average Bonchev–Trinajstić information content (AvgIpc) is 3.71. The molecule has 9 rings (SSSR count). The minimum Gasteiger partial charge on any atom is -0.455 e. The van der Waals surface area contributed by atoms with Gasteiger partial charge in [-0.1, -0.05) is 109 Å². The van der Waals surface area contributed by atoms with E-state index in [4.69, 9.17) is 14.4 Å². The summed E-state index contributed by atoms with van der Waals surface area (Å²) in [7, 11) is 0. The van der Waals surface area contributed by atoms with Gasteiger partial charge in [-0.2, -0.15) is 0 Å². The predicted molar refractivity (Wildman–Crippen MR) is 188 cm³/mol. The first kappa shape index (κ1) is 26.2. The molecule has 0 unspecified atom stereocenters. The van der Waals surface area contributed by atoms with E-state index in [1.165, 1.54) is 5.56 Å². The molecule has 0 atom stereocenters. The van der Waals surface area contributed by atoms with Gasteiger partial charge in [0.2, 0.25) is 0 Å². The fourth-order valence-corrected chi connectivity index (χ4v) is 6.52. The molecule has 0 saturated carbocycles. The van der Waals surface area contributed by atoms with Crippen LogP contribution in [-0.4, -0.2) is 14.5 Å². The van der Waals surface area contributed by atoms with Gasteiger partial charge < -0.3 is 4.42 Å². The van der Waals surface area contributed by atoms with Gasteiger partial charge in [-0.3, -0.25) is 9.55 Å². The molecule has 4 nitrogen and oxygen atoms in total. The first-order chi connectivity index (χ1) is 22.8. The van der Waals surface area contributed by atoms with Crippen LogP contribution in [0.3, 0.4) is 0 Å². The molecule has 216 valence electrons. The number of aromatic nitrogens is 3. The van der Waals surface area contributed by atoms with E-state index in [1.54, 1.807) is 0 Å². The topological polar surface area (TPSA) is 43.9 Å². The zero-order chi connectivity index (χ0) is 30.5. The predicted octanol–water partition coefficient (Wildman–Crippen LogP) is 11.0. The first-order valence-corrected chi connectivity index (χ1v) is 15.4. The maximum atomic E-state index is 6.65. The van der Waals surface area contributed by atoms with Crippen LogP contribution in [0.4, 0.5) is 0 Å². The number of benzene rings is 6. The van der Waals surface area contributed by atoms with Crippen LogP contribution >= 0.6 is 0 Å².